The van der Waals surface area contributed by atoms with Crippen LogP contribution in [0.25, 0.3) is 11.5 Å². The summed E-state index contributed by atoms with van der Waals surface area (Å²) in [5, 5.41) is 16.2. The summed E-state index contributed by atoms with van der Waals surface area (Å²) >= 11 is 0. The first-order valence-corrected chi connectivity index (χ1v) is 7.67. The zero-order valence-corrected chi connectivity index (χ0v) is 13.5. The molecule has 1 unspecified atom stereocenters. The lowest BCUT2D eigenvalue weighted by Gasteiger charge is -2.07. The second kappa shape index (κ2) is 7.53. The van der Waals surface area contributed by atoms with E-state index >= 15 is 0 Å². The molecule has 1 atom stereocenters. The second-order valence-corrected chi connectivity index (χ2v) is 5.37. The molecule has 3 aromatic rings. The number of nitrogens with zero attached hydrogens (tertiary/aromatic N) is 4. The van der Waals surface area contributed by atoms with Gasteiger partial charge < -0.3 is 9.15 Å². The molecule has 1 aromatic carbocycles. The third-order valence-corrected chi connectivity index (χ3v) is 3.42. The van der Waals surface area contributed by atoms with Crippen molar-refractivity contribution in [2.75, 3.05) is 0 Å². The normalized spacial score (nSPS) is 11.7. The molecule has 2 aromatic heterocycles. The van der Waals surface area contributed by atoms with Crippen LogP contribution in [0.1, 0.15) is 30.2 Å². The molecule has 0 N–H and O–H groups in total. The van der Waals surface area contributed by atoms with E-state index < -0.39 is 6.17 Å². The van der Waals surface area contributed by atoms with Crippen LogP contribution in [0.3, 0.4) is 0 Å². The fourth-order valence-corrected chi connectivity index (χ4v) is 2.14. The molecule has 0 amide bonds. The number of nitriles is 1. The fourth-order valence-electron chi connectivity index (χ4n) is 2.14. The Hall–Kier alpha value is -3.27. The third-order valence-electron chi connectivity index (χ3n) is 3.42. The zero-order valence-electron chi connectivity index (χ0n) is 13.5. The van der Waals surface area contributed by atoms with Gasteiger partial charge in [-0.15, -0.1) is 10.2 Å². The highest BCUT2D eigenvalue weighted by atomic mass is 19.1. The molecule has 2 heterocycles. The lowest BCUT2D eigenvalue weighted by molar-refractivity contribution is 0.300. The van der Waals surface area contributed by atoms with E-state index in [0.717, 1.165) is 5.56 Å². The van der Waals surface area contributed by atoms with Crippen molar-refractivity contribution in [3.63, 3.8) is 0 Å². The maximum absolute atomic E-state index is 13.1. The number of hydrogen-bond donors (Lipinski definition) is 0. The van der Waals surface area contributed by atoms with Crippen LogP contribution in [-0.2, 0) is 13.0 Å². The molecule has 126 valence electrons. The van der Waals surface area contributed by atoms with Crippen molar-refractivity contribution in [1.29, 1.82) is 5.26 Å². The van der Waals surface area contributed by atoms with Gasteiger partial charge in [0.1, 0.15) is 12.4 Å². The van der Waals surface area contributed by atoms with Crippen LogP contribution in [0.15, 0.2) is 47.0 Å². The number of halogens is 1. The topological polar surface area (TPSA) is 84.8 Å². The summed E-state index contributed by atoms with van der Waals surface area (Å²) < 4.78 is 24.0. The summed E-state index contributed by atoms with van der Waals surface area (Å²) in [5.41, 5.74) is 2.23. The Kier molecular flexibility index (Phi) is 5.00. The van der Waals surface area contributed by atoms with Gasteiger partial charge in [0.15, 0.2) is 6.17 Å². The van der Waals surface area contributed by atoms with E-state index in [2.05, 4.69) is 21.3 Å². The summed E-state index contributed by atoms with van der Waals surface area (Å²) in [6.45, 7) is 1.62. The van der Waals surface area contributed by atoms with Gasteiger partial charge in [-0.05, 0) is 36.8 Å². The quantitative estimate of drug-likeness (QED) is 0.679. The average Bonchev–Trinajstić information content (AvgIpc) is 3.12. The van der Waals surface area contributed by atoms with Crippen LogP contribution >= 0.6 is 0 Å². The fraction of sp³-hybridized carbons (Fsp3) is 0.222. The van der Waals surface area contributed by atoms with Crippen LogP contribution in [0, 0.1) is 11.3 Å². The molecule has 0 aliphatic rings. The molecule has 0 spiro atoms. The van der Waals surface area contributed by atoms with Crippen LogP contribution in [-0.4, -0.2) is 15.2 Å². The second-order valence-electron chi connectivity index (χ2n) is 5.37. The van der Waals surface area contributed by atoms with Crippen molar-refractivity contribution in [3.05, 3.63) is 59.7 Å². The van der Waals surface area contributed by atoms with Crippen LogP contribution < -0.4 is 4.74 Å². The Labute approximate surface area is 143 Å². The van der Waals surface area contributed by atoms with E-state index in [0.29, 0.717) is 23.4 Å². The summed E-state index contributed by atoms with van der Waals surface area (Å²) in [6, 6.07) is 13.0. The van der Waals surface area contributed by atoms with E-state index in [9.17, 15) is 4.39 Å². The monoisotopic (exact) mass is 338 g/mol. The van der Waals surface area contributed by atoms with Crippen LogP contribution in [0.2, 0.25) is 0 Å². The molecule has 7 heteroatoms. The van der Waals surface area contributed by atoms with Crippen molar-refractivity contribution in [2.24, 2.45) is 0 Å². The summed E-state index contributed by atoms with van der Waals surface area (Å²) in [5.74, 6) is 0.848. The molecule has 6 nitrogen and oxygen atoms in total. The van der Waals surface area contributed by atoms with E-state index in [1.807, 2.05) is 24.3 Å². The Morgan fingerprint density at radius 1 is 1.28 bits per heavy atom. The highest BCUT2D eigenvalue weighted by Gasteiger charge is 2.14. The number of benzene rings is 1. The zero-order chi connectivity index (χ0) is 17.6. The molecule has 0 fully saturated rings. The lowest BCUT2D eigenvalue weighted by atomic mass is 10.1. The number of ether oxygens (including phenoxy) is 1. The first-order chi connectivity index (χ1) is 12.2. The van der Waals surface area contributed by atoms with Gasteiger partial charge in [-0.2, -0.15) is 5.26 Å². The van der Waals surface area contributed by atoms with Gasteiger partial charge >= 0.3 is 0 Å². The van der Waals surface area contributed by atoms with Crippen molar-refractivity contribution < 1.29 is 13.5 Å². The Morgan fingerprint density at radius 3 is 2.84 bits per heavy atom. The van der Waals surface area contributed by atoms with Crippen LogP contribution in [0.4, 0.5) is 4.39 Å². The molecular formula is C18H15FN4O2. The van der Waals surface area contributed by atoms with Crippen molar-refractivity contribution in [2.45, 2.75) is 26.1 Å². The molecular weight excluding hydrogens is 323 g/mol. The maximum Gasteiger partial charge on any atom is 0.250 e. The molecule has 0 aliphatic carbocycles. The predicted molar refractivity (Wildman–Crippen MR) is 87.1 cm³/mol. The predicted octanol–water partition coefficient (Wildman–Crippen LogP) is 3.81. The summed E-state index contributed by atoms with van der Waals surface area (Å²) in [7, 11) is 0. The molecule has 0 radical (unpaired) electrons. The van der Waals surface area contributed by atoms with Gasteiger partial charge in [0.2, 0.25) is 5.89 Å². The molecule has 0 aliphatic heterocycles. The highest BCUT2D eigenvalue weighted by Crippen LogP contribution is 2.22. The largest absolute Gasteiger partial charge is 0.487 e. The smallest absolute Gasteiger partial charge is 0.250 e. The van der Waals surface area contributed by atoms with E-state index in [1.54, 1.807) is 18.3 Å². The number of aromatic nitrogens is 3. The van der Waals surface area contributed by atoms with E-state index in [4.69, 9.17) is 14.4 Å². The Balaban J connectivity index is 1.64. The van der Waals surface area contributed by atoms with Crippen LogP contribution in [0.5, 0.6) is 5.75 Å². The minimum Gasteiger partial charge on any atom is -0.487 e. The van der Waals surface area contributed by atoms with Gasteiger partial charge in [-0.25, -0.2) is 4.39 Å². The number of hydrogen-bond acceptors (Lipinski definition) is 6. The molecule has 3 rings (SSSR count). The van der Waals surface area contributed by atoms with E-state index in [1.165, 1.54) is 6.92 Å². The Bertz CT molecular complexity index is 885. The first kappa shape index (κ1) is 16.6. The number of pyridine rings is 1. The van der Waals surface area contributed by atoms with Crippen molar-refractivity contribution in [1.82, 2.24) is 15.2 Å². The van der Waals surface area contributed by atoms with Gasteiger partial charge in [0.25, 0.3) is 5.89 Å². The first-order valence-electron chi connectivity index (χ1n) is 7.67. The molecule has 0 saturated carbocycles. The van der Waals surface area contributed by atoms with Gasteiger partial charge in [-0.1, -0.05) is 12.1 Å². The Morgan fingerprint density at radius 2 is 2.16 bits per heavy atom. The number of alkyl halides is 1. The minimum absolute atomic E-state index is 0.0559. The van der Waals surface area contributed by atoms with Crippen molar-refractivity contribution in [3.8, 4) is 23.3 Å². The van der Waals surface area contributed by atoms with Crippen molar-refractivity contribution >= 4 is 0 Å². The third kappa shape index (κ3) is 4.18. The SMILES string of the molecule is CC(F)c1nnc(-c2ccc(COc3cccc(CC#N)c3)nc2)o1. The van der Waals surface area contributed by atoms with Gasteiger partial charge in [0.05, 0.1) is 23.7 Å². The lowest BCUT2D eigenvalue weighted by Crippen LogP contribution is -1.98. The maximum atomic E-state index is 13.1. The average molecular weight is 338 g/mol. The van der Waals surface area contributed by atoms with Gasteiger partial charge in [0, 0.05) is 6.20 Å². The molecule has 25 heavy (non-hydrogen) atoms. The van der Waals surface area contributed by atoms with Gasteiger partial charge in [-0.3, -0.25) is 4.98 Å². The standard InChI is InChI=1S/C18H15FN4O2/c1-12(19)17-22-23-18(25-17)14-5-6-15(21-10-14)11-24-16-4-2-3-13(9-16)7-8-20/h2-6,9-10,12H,7,11H2,1H3. The summed E-state index contributed by atoms with van der Waals surface area (Å²) in [4.78, 5) is 4.28. The summed E-state index contributed by atoms with van der Waals surface area (Å²) in [6.07, 6.45) is 0.609. The molecule has 0 saturated heterocycles. The molecule has 0 bridgehead atoms. The van der Waals surface area contributed by atoms with E-state index in [-0.39, 0.29) is 18.4 Å². The number of rotatable bonds is 6. The highest BCUT2D eigenvalue weighted by molar-refractivity contribution is 5.50. The minimum atomic E-state index is -1.31.